The van der Waals surface area contributed by atoms with Gasteiger partial charge in [-0.2, -0.15) is 0 Å². The van der Waals surface area contributed by atoms with Crippen LogP contribution in [0, 0.1) is 6.92 Å². The van der Waals surface area contributed by atoms with Crippen molar-refractivity contribution in [3.05, 3.63) is 65.2 Å². The summed E-state index contributed by atoms with van der Waals surface area (Å²) in [4.78, 5) is 38.1. The Bertz CT molecular complexity index is 900. The highest BCUT2D eigenvalue weighted by Gasteiger charge is 2.36. The van der Waals surface area contributed by atoms with Crippen molar-refractivity contribution in [2.45, 2.75) is 13.8 Å². The third-order valence-corrected chi connectivity index (χ3v) is 3.86. The molecule has 3 rings (SSSR count). The molecule has 26 heavy (non-hydrogen) atoms. The van der Waals surface area contributed by atoms with E-state index in [2.05, 4.69) is 5.32 Å². The zero-order valence-electron chi connectivity index (χ0n) is 14.5. The molecule has 2 aromatic carbocycles. The molecule has 1 aliphatic heterocycles. The van der Waals surface area contributed by atoms with Gasteiger partial charge in [-0.3, -0.25) is 14.9 Å². The fourth-order valence-electron chi connectivity index (χ4n) is 2.65. The van der Waals surface area contributed by atoms with Crippen LogP contribution >= 0.6 is 0 Å². The van der Waals surface area contributed by atoms with Crippen LogP contribution < -0.4 is 15.0 Å². The van der Waals surface area contributed by atoms with Crippen molar-refractivity contribution in [2.75, 3.05) is 11.5 Å². The second-order valence-corrected chi connectivity index (χ2v) is 5.80. The van der Waals surface area contributed by atoms with Crippen LogP contribution in [0.1, 0.15) is 18.1 Å². The normalized spacial score (nSPS) is 16.0. The number of anilines is 1. The highest BCUT2D eigenvalue weighted by atomic mass is 16.5. The molecule has 2 aromatic rings. The molecule has 0 aromatic heterocycles. The SMILES string of the molecule is CCOc1ccc(/C=C2\C(=O)NC(=O)N(c3cccc(C)c3)C2=O)cc1. The summed E-state index contributed by atoms with van der Waals surface area (Å²) in [7, 11) is 0. The molecule has 0 radical (unpaired) electrons. The molecule has 0 aliphatic carbocycles. The van der Waals surface area contributed by atoms with Crippen LogP contribution in [-0.2, 0) is 9.59 Å². The lowest BCUT2D eigenvalue weighted by molar-refractivity contribution is -0.122. The largest absolute Gasteiger partial charge is 0.494 e. The number of amides is 4. The van der Waals surface area contributed by atoms with E-state index in [1.54, 1.807) is 42.5 Å². The quantitative estimate of drug-likeness (QED) is 0.679. The molecule has 0 atom stereocenters. The van der Waals surface area contributed by atoms with Crippen LogP contribution in [0.2, 0.25) is 0 Å². The number of benzene rings is 2. The van der Waals surface area contributed by atoms with Crippen LogP contribution in [0.15, 0.2) is 54.1 Å². The second kappa shape index (κ2) is 7.23. The van der Waals surface area contributed by atoms with Gasteiger partial charge in [0.1, 0.15) is 11.3 Å². The maximum atomic E-state index is 12.8. The van der Waals surface area contributed by atoms with Crippen molar-refractivity contribution in [2.24, 2.45) is 0 Å². The summed E-state index contributed by atoms with van der Waals surface area (Å²) in [5.41, 5.74) is 1.87. The van der Waals surface area contributed by atoms with E-state index in [4.69, 9.17) is 4.74 Å². The van der Waals surface area contributed by atoms with E-state index >= 15 is 0 Å². The van der Waals surface area contributed by atoms with Gasteiger partial charge in [-0.1, -0.05) is 24.3 Å². The van der Waals surface area contributed by atoms with Gasteiger partial charge in [-0.15, -0.1) is 0 Å². The lowest BCUT2D eigenvalue weighted by atomic mass is 10.1. The molecule has 1 saturated heterocycles. The first-order chi connectivity index (χ1) is 12.5. The summed E-state index contributed by atoms with van der Waals surface area (Å²) in [5.74, 6) is -0.665. The number of hydrogen-bond donors (Lipinski definition) is 1. The van der Waals surface area contributed by atoms with Crippen molar-refractivity contribution in [3.8, 4) is 5.75 Å². The van der Waals surface area contributed by atoms with E-state index in [0.29, 0.717) is 23.6 Å². The summed E-state index contributed by atoms with van der Waals surface area (Å²) in [6.45, 7) is 4.30. The minimum atomic E-state index is -0.755. The third-order valence-electron chi connectivity index (χ3n) is 3.86. The molecular formula is C20H18N2O4. The van der Waals surface area contributed by atoms with Gasteiger partial charge in [0.25, 0.3) is 11.8 Å². The average Bonchev–Trinajstić information content (AvgIpc) is 2.60. The minimum absolute atomic E-state index is 0.102. The van der Waals surface area contributed by atoms with Gasteiger partial charge in [0.2, 0.25) is 0 Å². The Morgan fingerprint density at radius 2 is 1.81 bits per heavy atom. The molecule has 1 heterocycles. The molecule has 0 bridgehead atoms. The predicted octanol–water partition coefficient (Wildman–Crippen LogP) is 3.06. The first kappa shape index (κ1) is 17.4. The lowest BCUT2D eigenvalue weighted by Crippen LogP contribution is -2.54. The number of urea groups is 1. The van der Waals surface area contributed by atoms with Gasteiger partial charge in [-0.05, 0) is 55.3 Å². The molecule has 0 spiro atoms. The van der Waals surface area contributed by atoms with Gasteiger partial charge >= 0.3 is 6.03 Å². The molecule has 0 unspecified atom stereocenters. The number of carbonyl (C=O) groups is 3. The first-order valence-electron chi connectivity index (χ1n) is 8.20. The summed E-state index contributed by atoms with van der Waals surface area (Å²) in [5, 5.41) is 2.21. The van der Waals surface area contributed by atoms with Crippen molar-refractivity contribution < 1.29 is 19.1 Å². The number of imide groups is 2. The fourth-order valence-corrected chi connectivity index (χ4v) is 2.65. The smallest absolute Gasteiger partial charge is 0.335 e. The van der Waals surface area contributed by atoms with Gasteiger partial charge in [-0.25, -0.2) is 9.69 Å². The average molecular weight is 350 g/mol. The Morgan fingerprint density at radius 3 is 2.46 bits per heavy atom. The number of carbonyl (C=O) groups excluding carboxylic acids is 3. The number of barbiturate groups is 1. The molecule has 4 amide bonds. The van der Waals surface area contributed by atoms with E-state index in [1.807, 2.05) is 19.9 Å². The standard InChI is InChI=1S/C20H18N2O4/c1-3-26-16-9-7-14(8-10-16)12-17-18(23)21-20(25)22(19(17)24)15-6-4-5-13(2)11-15/h4-12H,3H2,1-2H3,(H,21,23,25)/b17-12+. The van der Waals surface area contributed by atoms with Crippen molar-refractivity contribution in [1.82, 2.24) is 5.32 Å². The van der Waals surface area contributed by atoms with E-state index in [0.717, 1.165) is 10.5 Å². The lowest BCUT2D eigenvalue weighted by Gasteiger charge is -2.26. The van der Waals surface area contributed by atoms with Crippen molar-refractivity contribution in [3.63, 3.8) is 0 Å². The summed E-state index contributed by atoms with van der Waals surface area (Å²) in [6, 6.07) is 13.2. The summed E-state index contributed by atoms with van der Waals surface area (Å²) in [6.07, 6.45) is 1.46. The van der Waals surface area contributed by atoms with Crippen LogP contribution in [0.25, 0.3) is 6.08 Å². The van der Waals surface area contributed by atoms with Gasteiger partial charge in [0, 0.05) is 0 Å². The molecule has 1 N–H and O–H groups in total. The van der Waals surface area contributed by atoms with Crippen LogP contribution in [0.5, 0.6) is 5.75 Å². The highest BCUT2D eigenvalue weighted by Crippen LogP contribution is 2.23. The number of aryl methyl sites for hydroxylation is 1. The molecule has 6 heteroatoms. The van der Waals surface area contributed by atoms with Gasteiger partial charge in [0.05, 0.1) is 12.3 Å². The van der Waals surface area contributed by atoms with Crippen LogP contribution in [-0.4, -0.2) is 24.5 Å². The van der Waals surface area contributed by atoms with Gasteiger partial charge in [0.15, 0.2) is 0 Å². The Hall–Kier alpha value is -3.41. The number of hydrogen-bond acceptors (Lipinski definition) is 4. The first-order valence-corrected chi connectivity index (χ1v) is 8.20. The molecule has 0 saturated carbocycles. The van der Waals surface area contributed by atoms with E-state index in [9.17, 15) is 14.4 Å². The molecule has 1 aliphatic rings. The zero-order chi connectivity index (χ0) is 18.7. The maximum absolute atomic E-state index is 12.8. The number of ether oxygens (including phenoxy) is 1. The van der Waals surface area contributed by atoms with Crippen molar-refractivity contribution in [1.29, 1.82) is 0 Å². The second-order valence-electron chi connectivity index (χ2n) is 5.80. The Balaban J connectivity index is 1.94. The van der Waals surface area contributed by atoms with E-state index in [1.165, 1.54) is 6.08 Å². The Labute approximate surface area is 151 Å². The zero-order valence-corrected chi connectivity index (χ0v) is 14.5. The Kier molecular flexibility index (Phi) is 4.84. The molecular weight excluding hydrogens is 332 g/mol. The minimum Gasteiger partial charge on any atom is -0.494 e. The van der Waals surface area contributed by atoms with Gasteiger partial charge < -0.3 is 4.74 Å². The number of rotatable bonds is 4. The number of nitrogens with one attached hydrogen (secondary N) is 1. The maximum Gasteiger partial charge on any atom is 0.335 e. The van der Waals surface area contributed by atoms with E-state index < -0.39 is 17.8 Å². The molecule has 132 valence electrons. The Morgan fingerprint density at radius 1 is 1.08 bits per heavy atom. The van der Waals surface area contributed by atoms with E-state index in [-0.39, 0.29) is 5.57 Å². The van der Waals surface area contributed by atoms with Crippen molar-refractivity contribution >= 4 is 29.6 Å². The van der Waals surface area contributed by atoms with Crippen LogP contribution in [0.4, 0.5) is 10.5 Å². The molecule has 1 fully saturated rings. The topological polar surface area (TPSA) is 75.7 Å². The highest BCUT2D eigenvalue weighted by molar-refractivity contribution is 6.39. The summed E-state index contributed by atoms with van der Waals surface area (Å²) >= 11 is 0. The van der Waals surface area contributed by atoms with Crippen LogP contribution in [0.3, 0.4) is 0 Å². The predicted molar refractivity (Wildman–Crippen MR) is 97.8 cm³/mol. The molecule has 6 nitrogen and oxygen atoms in total. The monoisotopic (exact) mass is 350 g/mol. The number of nitrogens with zero attached hydrogens (tertiary/aromatic N) is 1. The third kappa shape index (κ3) is 3.49. The summed E-state index contributed by atoms with van der Waals surface area (Å²) < 4.78 is 5.37. The fraction of sp³-hybridized carbons (Fsp3) is 0.150.